The number of hydrazone groups is 1. The van der Waals surface area contributed by atoms with Gasteiger partial charge in [-0.1, -0.05) is 35.9 Å². The summed E-state index contributed by atoms with van der Waals surface area (Å²) in [5, 5.41) is 3.81. The predicted octanol–water partition coefficient (Wildman–Crippen LogP) is 3.01. The summed E-state index contributed by atoms with van der Waals surface area (Å²) in [7, 11) is -3.71. The predicted molar refractivity (Wildman–Crippen MR) is 105 cm³/mol. The lowest BCUT2D eigenvalue weighted by Gasteiger charge is -2.25. The van der Waals surface area contributed by atoms with Crippen molar-refractivity contribution in [3.05, 3.63) is 63.9 Å². The Balaban J connectivity index is 2.19. The average molecular weight is 412 g/mol. The lowest BCUT2D eigenvalue weighted by molar-refractivity contribution is -0.119. The summed E-state index contributed by atoms with van der Waals surface area (Å²) < 4.78 is 39.1. The highest BCUT2D eigenvalue weighted by Crippen LogP contribution is 2.26. The minimum atomic E-state index is -3.71. The fourth-order valence-corrected chi connectivity index (χ4v) is 3.71. The van der Waals surface area contributed by atoms with Crippen molar-refractivity contribution in [2.45, 2.75) is 13.8 Å². The quantitative estimate of drug-likeness (QED) is 0.586. The van der Waals surface area contributed by atoms with Crippen LogP contribution >= 0.6 is 11.6 Å². The zero-order valence-corrected chi connectivity index (χ0v) is 16.6. The molecular formula is C18H19ClFN3O3S. The van der Waals surface area contributed by atoms with Crippen molar-refractivity contribution in [1.82, 2.24) is 5.43 Å². The van der Waals surface area contributed by atoms with Crippen LogP contribution in [0.4, 0.5) is 10.1 Å². The average Bonchev–Trinajstić information content (AvgIpc) is 2.55. The first-order valence-electron chi connectivity index (χ1n) is 7.91. The van der Waals surface area contributed by atoms with Gasteiger partial charge in [-0.3, -0.25) is 9.10 Å². The molecule has 0 saturated heterocycles. The largest absolute Gasteiger partial charge is 0.271 e. The molecule has 2 aromatic carbocycles. The van der Waals surface area contributed by atoms with E-state index in [1.54, 1.807) is 32.0 Å². The van der Waals surface area contributed by atoms with Gasteiger partial charge in [0.05, 0.1) is 23.2 Å². The van der Waals surface area contributed by atoms with Gasteiger partial charge in [0.15, 0.2) is 0 Å². The number of para-hydroxylation sites is 1. The minimum absolute atomic E-state index is 0.0224. The first-order chi connectivity index (χ1) is 12.6. The number of aryl methyl sites for hydroxylation is 2. The number of carbonyl (C=O) groups is 1. The fraction of sp³-hybridized carbons (Fsp3) is 0.222. The highest BCUT2D eigenvalue weighted by Gasteiger charge is 2.23. The van der Waals surface area contributed by atoms with E-state index in [1.165, 1.54) is 18.2 Å². The molecule has 144 valence electrons. The summed E-state index contributed by atoms with van der Waals surface area (Å²) >= 11 is 5.87. The topological polar surface area (TPSA) is 78.8 Å². The smallest absolute Gasteiger partial charge is 0.260 e. The van der Waals surface area contributed by atoms with Crippen LogP contribution in [0, 0.1) is 19.7 Å². The SMILES string of the molecule is Cc1cccc(C)c1N(CC(=O)N/N=C\c1c(F)cccc1Cl)S(C)(=O)=O. The van der Waals surface area contributed by atoms with Gasteiger partial charge >= 0.3 is 0 Å². The van der Waals surface area contributed by atoms with Crippen molar-refractivity contribution in [2.75, 3.05) is 17.1 Å². The van der Waals surface area contributed by atoms with E-state index in [0.717, 1.165) is 27.9 Å². The summed E-state index contributed by atoms with van der Waals surface area (Å²) in [4.78, 5) is 12.2. The van der Waals surface area contributed by atoms with Crippen LogP contribution in [0.5, 0.6) is 0 Å². The molecule has 0 heterocycles. The standard InChI is InChI=1S/C18H19ClFN3O3S/c1-12-6-4-7-13(2)18(12)23(27(3,25)26)11-17(24)22-21-10-14-15(19)8-5-9-16(14)20/h4-10H,11H2,1-3H3,(H,22,24)/b21-10-. The maximum atomic E-state index is 13.7. The Kier molecular flexibility index (Phi) is 6.56. The number of halogens is 2. The zero-order chi connectivity index (χ0) is 20.2. The van der Waals surface area contributed by atoms with Crippen LogP contribution in [0.2, 0.25) is 5.02 Å². The lowest BCUT2D eigenvalue weighted by atomic mass is 10.1. The van der Waals surface area contributed by atoms with Crippen LogP contribution < -0.4 is 9.73 Å². The Morgan fingerprint density at radius 2 is 1.81 bits per heavy atom. The van der Waals surface area contributed by atoms with Gasteiger partial charge < -0.3 is 0 Å². The summed E-state index contributed by atoms with van der Waals surface area (Å²) in [5.41, 5.74) is 4.09. The molecule has 0 saturated carbocycles. The van der Waals surface area contributed by atoms with E-state index in [0.29, 0.717) is 5.69 Å². The van der Waals surface area contributed by atoms with Crippen molar-refractivity contribution in [2.24, 2.45) is 5.10 Å². The molecule has 0 bridgehead atoms. The van der Waals surface area contributed by atoms with Gasteiger partial charge in [0.2, 0.25) is 10.0 Å². The number of amides is 1. The molecule has 0 aromatic heterocycles. The van der Waals surface area contributed by atoms with Crippen LogP contribution in [-0.4, -0.2) is 33.3 Å². The van der Waals surface area contributed by atoms with Gasteiger partial charge in [-0.25, -0.2) is 18.2 Å². The maximum Gasteiger partial charge on any atom is 0.260 e. The van der Waals surface area contributed by atoms with Crippen molar-refractivity contribution in [3.8, 4) is 0 Å². The molecule has 0 aliphatic carbocycles. The Morgan fingerprint density at radius 1 is 1.22 bits per heavy atom. The second kappa shape index (κ2) is 8.49. The Hall–Kier alpha value is -2.45. The number of hydrogen-bond acceptors (Lipinski definition) is 4. The number of nitrogens with zero attached hydrogens (tertiary/aromatic N) is 2. The van der Waals surface area contributed by atoms with E-state index >= 15 is 0 Å². The van der Waals surface area contributed by atoms with Crippen LogP contribution in [0.15, 0.2) is 41.5 Å². The molecule has 1 amide bonds. The molecule has 2 aromatic rings. The summed E-state index contributed by atoms with van der Waals surface area (Å²) in [6.07, 6.45) is 2.09. The van der Waals surface area contributed by atoms with E-state index in [-0.39, 0.29) is 10.6 Å². The molecule has 1 N–H and O–H groups in total. The first-order valence-corrected chi connectivity index (χ1v) is 10.1. The summed E-state index contributed by atoms with van der Waals surface area (Å²) in [6.45, 7) is 3.06. The normalized spacial score (nSPS) is 11.6. The Morgan fingerprint density at radius 3 is 2.37 bits per heavy atom. The highest BCUT2D eigenvalue weighted by atomic mass is 35.5. The second-order valence-electron chi connectivity index (χ2n) is 5.94. The van der Waals surface area contributed by atoms with E-state index in [9.17, 15) is 17.6 Å². The molecule has 0 aliphatic rings. The third kappa shape index (κ3) is 5.27. The highest BCUT2D eigenvalue weighted by molar-refractivity contribution is 7.92. The first kappa shape index (κ1) is 20.9. The number of nitrogens with one attached hydrogen (secondary N) is 1. The Labute approximate surface area is 162 Å². The molecule has 6 nitrogen and oxygen atoms in total. The number of hydrogen-bond donors (Lipinski definition) is 1. The van der Waals surface area contributed by atoms with E-state index in [2.05, 4.69) is 10.5 Å². The number of rotatable bonds is 6. The van der Waals surface area contributed by atoms with E-state index in [1.807, 2.05) is 0 Å². The van der Waals surface area contributed by atoms with Crippen LogP contribution in [0.25, 0.3) is 0 Å². The van der Waals surface area contributed by atoms with Crippen molar-refractivity contribution < 1.29 is 17.6 Å². The molecule has 27 heavy (non-hydrogen) atoms. The van der Waals surface area contributed by atoms with Gasteiger partial charge in [-0.2, -0.15) is 5.10 Å². The zero-order valence-electron chi connectivity index (χ0n) is 15.0. The van der Waals surface area contributed by atoms with Crippen molar-refractivity contribution in [1.29, 1.82) is 0 Å². The Bertz CT molecular complexity index is 953. The number of anilines is 1. The lowest BCUT2D eigenvalue weighted by Crippen LogP contribution is -2.39. The summed E-state index contributed by atoms with van der Waals surface area (Å²) in [5.74, 6) is -1.26. The molecule has 0 atom stereocenters. The third-order valence-electron chi connectivity index (χ3n) is 3.76. The molecule has 0 spiro atoms. The third-order valence-corrected chi connectivity index (χ3v) is 5.20. The van der Waals surface area contributed by atoms with Gasteiger partial charge in [0.1, 0.15) is 12.4 Å². The summed E-state index contributed by atoms with van der Waals surface area (Å²) in [6, 6.07) is 9.47. The monoisotopic (exact) mass is 411 g/mol. The number of carbonyl (C=O) groups excluding carboxylic acids is 1. The molecule has 2 rings (SSSR count). The van der Waals surface area contributed by atoms with Gasteiger partial charge in [-0.05, 0) is 37.1 Å². The van der Waals surface area contributed by atoms with E-state index < -0.39 is 28.3 Å². The van der Waals surface area contributed by atoms with Crippen LogP contribution in [0.3, 0.4) is 0 Å². The molecule has 0 aliphatic heterocycles. The van der Waals surface area contributed by atoms with Gasteiger partial charge in [-0.15, -0.1) is 0 Å². The molecule has 9 heteroatoms. The number of sulfonamides is 1. The number of benzene rings is 2. The van der Waals surface area contributed by atoms with Gasteiger partial charge in [0.25, 0.3) is 5.91 Å². The fourth-order valence-electron chi connectivity index (χ4n) is 2.53. The van der Waals surface area contributed by atoms with E-state index in [4.69, 9.17) is 11.6 Å². The van der Waals surface area contributed by atoms with Crippen LogP contribution in [-0.2, 0) is 14.8 Å². The minimum Gasteiger partial charge on any atom is -0.271 e. The van der Waals surface area contributed by atoms with Crippen LogP contribution in [0.1, 0.15) is 16.7 Å². The van der Waals surface area contributed by atoms with Gasteiger partial charge in [0, 0.05) is 5.56 Å². The van der Waals surface area contributed by atoms with Crippen molar-refractivity contribution >= 4 is 39.4 Å². The maximum absolute atomic E-state index is 13.7. The molecule has 0 fully saturated rings. The molecule has 0 radical (unpaired) electrons. The van der Waals surface area contributed by atoms with Crippen molar-refractivity contribution in [3.63, 3.8) is 0 Å². The second-order valence-corrected chi connectivity index (χ2v) is 8.25. The molecular weight excluding hydrogens is 393 g/mol. The molecule has 0 unspecified atom stereocenters.